The largest absolute Gasteiger partial charge is 0.481 e. The van der Waals surface area contributed by atoms with Gasteiger partial charge in [0, 0.05) is 6.42 Å². The highest BCUT2D eigenvalue weighted by molar-refractivity contribution is 6.08. The van der Waals surface area contributed by atoms with E-state index in [1.54, 1.807) is 0 Å². The number of Topliss-reactive ketones (excluding diaryl/α,β-unsaturated/α-hetero) is 1. The molecule has 0 radical (unpaired) electrons. The van der Waals surface area contributed by atoms with Crippen LogP contribution in [0.1, 0.15) is 123 Å². The quantitative estimate of drug-likeness (QED) is 0.159. The molecule has 0 aliphatic heterocycles. The molecule has 0 aromatic rings. The highest BCUT2D eigenvalue weighted by atomic mass is 16.4. The first kappa shape index (κ1) is 28.6. The Balaban J connectivity index is 4.61. The third-order valence-corrected chi connectivity index (χ3v) is 5.93. The number of unbranched alkanes of at least 4 members (excludes halogenated alkanes) is 10. The fraction of sp³-hybridized carbons (Fsp3) is 0.875. The predicted molar refractivity (Wildman–Crippen MR) is 119 cm³/mol. The average molecular weight is 429 g/mol. The minimum absolute atomic E-state index is 0.0909. The summed E-state index contributed by atoms with van der Waals surface area (Å²) in [5, 5.41) is 28.1. The van der Waals surface area contributed by atoms with Gasteiger partial charge in [0.1, 0.15) is 0 Å². The molecule has 0 amide bonds. The molecular formula is C24H44O6. The monoisotopic (exact) mass is 428 g/mol. The maximum Gasteiger partial charge on any atom is 0.344 e. The second-order valence-electron chi connectivity index (χ2n) is 8.68. The van der Waals surface area contributed by atoms with Crippen LogP contribution in [0.5, 0.6) is 0 Å². The van der Waals surface area contributed by atoms with Crippen LogP contribution in [0.2, 0.25) is 0 Å². The molecule has 3 N–H and O–H groups in total. The Morgan fingerprint density at radius 3 is 1.53 bits per heavy atom. The summed E-state index contributed by atoms with van der Waals surface area (Å²) in [6, 6.07) is 0. The zero-order valence-electron chi connectivity index (χ0n) is 19.2. The molecule has 0 spiro atoms. The van der Waals surface area contributed by atoms with Gasteiger partial charge in [0.05, 0.1) is 6.42 Å². The van der Waals surface area contributed by atoms with Gasteiger partial charge in [-0.25, -0.2) is 4.79 Å². The van der Waals surface area contributed by atoms with E-state index in [1.807, 2.05) is 0 Å². The number of carbonyl (C=O) groups excluding carboxylic acids is 1. The summed E-state index contributed by atoms with van der Waals surface area (Å²) < 4.78 is 0. The lowest BCUT2D eigenvalue weighted by molar-refractivity contribution is -0.171. The number of carboxylic acids is 2. The van der Waals surface area contributed by atoms with Gasteiger partial charge in [0.25, 0.3) is 0 Å². The van der Waals surface area contributed by atoms with Crippen molar-refractivity contribution in [3.63, 3.8) is 0 Å². The molecule has 0 rings (SSSR count). The van der Waals surface area contributed by atoms with Crippen LogP contribution in [0.4, 0.5) is 0 Å². The first-order valence-corrected chi connectivity index (χ1v) is 12.0. The van der Waals surface area contributed by atoms with Crippen LogP contribution in [0.3, 0.4) is 0 Å². The van der Waals surface area contributed by atoms with Crippen LogP contribution in [0.25, 0.3) is 0 Å². The topological polar surface area (TPSA) is 112 Å². The van der Waals surface area contributed by atoms with Crippen LogP contribution in [-0.4, -0.2) is 38.6 Å². The molecule has 6 nitrogen and oxygen atoms in total. The molecule has 0 aromatic heterocycles. The molecule has 0 saturated carbocycles. The highest BCUT2D eigenvalue weighted by Crippen LogP contribution is 2.25. The fourth-order valence-electron chi connectivity index (χ4n) is 3.91. The maximum atomic E-state index is 12.3. The zero-order chi connectivity index (χ0) is 22.8. The van der Waals surface area contributed by atoms with Crippen LogP contribution < -0.4 is 0 Å². The lowest BCUT2D eigenvalue weighted by Gasteiger charge is -2.22. The third kappa shape index (κ3) is 13.0. The number of hydrogen-bond acceptors (Lipinski definition) is 4. The van der Waals surface area contributed by atoms with Gasteiger partial charge in [-0.05, 0) is 12.3 Å². The summed E-state index contributed by atoms with van der Waals surface area (Å²) in [6.45, 7) is 4.38. The van der Waals surface area contributed by atoms with E-state index in [2.05, 4.69) is 13.8 Å². The van der Waals surface area contributed by atoms with Crippen molar-refractivity contribution < 1.29 is 29.7 Å². The van der Waals surface area contributed by atoms with Gasteiger partial charge >= 0.3 is 11.9 Å². The number of carboxylic acid groups (broad SMARTS) is 2. The molecule has 6 heteroatoms. The van der Waals surface area contributed by atoms with Crippen molar-refractivity contribution in [3.8, 4) is 0 Å². The Morgan fingerprint density at radius 2 is 1.13 bits per heavy atom. The molecule has 176 valence electrons. The van der Waals surface area contributed by atoms with E-state index in [0.717, 1.165) is 25.7 Å². The van der Waals surface area contributed by atoms with Crippen molar-refractivity contribution in [2.45, 2.75) is 129 Å². The predicted octanol–water partition coefficient (Wildman–Crippen LogP) is 5.74. The zero-order valence-corrected chi connectivity index (χ0v) is 19.2. The molecule has 0 bridgehead atoms. The molecular weight excluding hydrogens is 384 g/mol. The standard InChI is InChI=1S/C24H44O6/c1-3-5-7-9-11-13-15-20(16-14-12-10-8-6-4-2)17-18-21(25)24(30,23(28)29)19-22(26)27/h20,30H,3-19H2,1-2H3,(H,26,27)(H,28,29). The SMILES string of the molecule is CCCCCCCCC(CCCCCCCC)CCC(=O)C(O)(CC(=O)O)C(=O)O. The summed E-state index contributed by atoms with van der Waals surface area (Å²) in [6.07, 6.45) is 15.7. The minimum atomic E-state index is -2.82. The summed E-state index contributed by atoms with van der Waals surface area (Å²) in [5.74, 6) is -3.86. The highest BCUT2D eigenvalue weighted by Gasteiger charge is 2.45. The van der Waals surface area contributed by atoms with E-state index < -0.39 is 29.7 Å². The Kier molecular flexibility index (Phi) is 16.4. The van der Waals surface area contributed by atoms with Gasteiger partial charge in [0.2, 0.25) is 5.60 Å². The molecule has 0 heterocycles. The molecule has 30 heavy (non-hydrogen) atoms. The second kappa shape index (κ2) is 17.3. The summed E-state index contributed by atoms with van der Waals surface area (Å²) in [4.78, 5) is 34.5. The summed E-state index contributed by atoms with van der Waals surface area (Å²) in [7, 11) is 0. The normalized spacial score (nSPS) is 13.3. The number of hydrogen-bond donors (Lipinski definition) is 3. The molecule has 1 unspecified atom stereocenters. The van der Waals surface area contributed by atoms with Gasteiger partial charge in [-0.15, -0.1) is 0 Å². The van der Waals surface area contributed by atoms with Gasteiger partial charge in [-0.2, -0.15) is 0 Å². The van der Waals surface area contributed by atoms with Gasteiger partial charge < -0.3 is 15.3 Å². The fourth-order valence-corrected chi connectivity index (χ4v) is 3.91. The molecule has 0 aliphatic rings. The summed E-state index contributed by atoms with van der Waals surface area (Å²) in [5.41, 5.74) is -2.82. The minimum Gasteiger partial charge on any atom is -0.481 e. The van der Waals surface area contributed by atoms with E-state index in [9.17, 15) is 24.6 Å². The van der Waals surface area contributed by atoms with E-state index in [1.165, 1.54) is 64.2 Å². The van der Waals surface area contributed by atoms with E-state index in [0.29, 0.717) is 12.3 Å². The first-order valence-electron chi connectivity index (χ1n) is 12.0. The molecule has 0 fully saturated rings. The van der Waals surface area contributed by atoms with Crippen molar-refractivity contribution in [1.82, 2.24) is 0 Å². The third-order valence-electron chi connectivity index (χ3n) is 5.93. The van der Waals surface area contributed by atoms with Crippen LogP contribution in [0.15, 0.2) is 0 Å². The molecule has 0 aromatic carbocycles. The van der Waals surface area contributed by atoms with E-state index >= 15 is 0 Å². The van der Waals surface area contributed by atoms with Crippen molar-refractivity contribution in [1.29, 1.82) is 0 Å². The number of carbonyl (C=O) groups is 3. The van der Waals surface area contributed by atoms with Gasteiger partial charge in [0.15, 0.2) is 5.78 Å². The molecule has 0 aliphatic carbocycles. The Hall–Kier alpha value is -1.43. The smallest absolute Gasteiger partial charge is 0.344 e. The Morgan fingerprint density at radius 1 is 0.700 bits per heavy atom. The molecule has 1 atom stereocenters. The number of rotatable bonds is 21. The first-order chi connectivity index (χ1) is 14.3. The lowest BCUT2D eigenvalue weighted by atomic mass is 9.85. The Labute approximate surface area is 182 Å². The molecule has 0 saturated heterocycles. The Bertz CT molecular complexity index is 474. The second-order valence-corrected chi connectivity index (χ2v) is 8.68. The van der Waals surface area contributed by atoms with Crippen molar-refractivity contribution in [3.05, 3.63) is 0 Å². The van der Waals surface area contributed by atoms with Crippen molar-refractivity contribution >= 4 is 17.7 Å². The van der Waals surface area contributed by atoms with E-state index in [4.69, 9.17) is 5.11 Å². The van der Waals surface area contributed by atoms with Gasteiger partial charge in [-0.1, -0.05) is 104 Å². The number of aliphatic hydroxyl groups is 1. The maximum absolute atomic E-state index is 12.3. The lowest BCUT2D eigenvalue weighted by Crippen LogP contribution is -2.48. The van der Waals surface area contributed by atoms with Crippen LogP contribution in [-0.2, 0) is 14.4 Å². The number of ketones is 1. The van der Waals surface area contributed by atoms with E-state index in [-0.39, 0.29) is 6.42 Å². The van der Waals surface area contributed by atoms with Crippen molar-refractivity contribution in [2.24, 2.45) is 5.92 Å². The van der Waals surface area contributed by atoms with Crippen LogP contribution >= 0.6 is 0 Å². The van der Waals surface area contributed by atoms with Crippen LogP contribution in [0, 0.1) is 5.92 Å². The van der Waals surface area contributed by atoms with Crippen molar-refractivity contribution in [2.75, 3.05) is 0 Å². The summed E-state index contributed by atoms with van der Waals surface area (Å²) >= 11 is 0. The number of aliphatic carboxylic acids is 2. The van der Waals surface area contributed by atoms with Gasteiger partial charge in [-0.3, -0.25) is 9.59 Å². The average Bonchev–Trinajstić information content (AvgIpc) is 2.69.